The highest BCUT2D eigenvalue weighted by atomic mass is 16.7. The fourth-order valence-corrected chi connectivity index (χ4v) is 1.68. The lowest BCUT2D eigenvalue weighted by atomic mass is 10.1. The maximum atomic E-state index is 11.5. The normalized spacial score (nSPS) is 12.8. The molecule has 0 saturated carbocycles. The Labute approximate surface area is 103 Å². The molecule has 0 radical (unpaired) electrons. The van der Waals surface area contributed by atoms with Gasteiger partial charge in [-0.1, -0.05) is 19.8 Å². The molecule has 6 N–H and O–H groups in total. The van der Waals surface area contributed by atoms with E-state index in [4.69, 9.17) is 17.5 Å². The number of hydrogen-bond donors (Lipinski definition) is 3. The van der Waals surface area contributed by atoms with Crippen LogP contribution in [0.3, 0.4) is 0 Å². The molecule has 0 bridgehead atoms. The Hall–Kier alpha value is -0.690. The molecule has 0 amide bonds. The van der Waals surface area contributed by atoms with Crippen molar-refractivity contribution in [2.24, 2.45) is 17.5 Å². The molecule has 0 heterocycles. The van der Waals surface area contributed by atoms with Gasteiger partial charge in [-0.15, -0.1) is 0 Å². The first-order chi connectivity index (χ1) is 8.17. The molecule has 0 aromatic carbocycles. The fraction of sp³-hybridized carbons (Fsp3) is 0.909. The molecule has 0 spiro atoms. The van der Waals surface area contributed by atoms with Crippen LogP contribution in [-0.2, 0) is 9.63 Å². The lowest BCUT2D eigenvalue weighted by molar-refractivity contribution is -0.151. The summed E-state index contributed by atoms with van der Waals surface area (Å²) in [4.78, 5) is 15.8. The molecule has 17 heavy (non-hydrogen) atoms. The average molecular weight is 246 g/mol. The van der Waals surface area contributed by atoms with Crippen LogP contribution in [0.15, 0.2) is 0 Å². The molecule has 0 fully saturated rings. The topological polar surface area (TPSA) is 108 Å². The van der Waals surface area contributed by atoms with Gasteiger partial charge >= 0.3 is 5.97 Å². The predicted molar refractivity (Wildman–Crippen MR) is 67.4 cm³/mol. The molecular formula is C11H26N4O2. The standard InChI is InChI=1S/C11H26N4O2/c1-2-3-6-9-15(13)10(11(16)17-14)7-4-5-8-12/h10H,2-9,12-14H2,1H3/t10-/m0/s1. The zero-order valence-corrected chi connectivity index (χ0v) is 10.7. The smallest absolute Gasteiger partial charge is 0.343 e. The van der Waals surface area contributed by atoms with Gasteiger partial charge in [0, 0.05) is 6.54 Å². The van der Waals surface area contributed by atoms with Gasteiger partial charge in [-0.05, 0) is 32.2 Å². The molecule has 0 rings (SSSR count). The van der Waals surface area contributed by atoms with Gasteiger partial charge in [-0.3, -0.25) is 5.84 Å². The highest BCUT2D eigenvalue weighted by Gasteiger charge is 2.24. The van der Waals surface area contributed by atoms with Crippen LogP contribution in [0.25, 0.3) is 0 Å². The van der Waals surface area contributed by atoms with E-state index >= 15 is 0 Å². The maximum Gasteiger partial charge on any atom is 0.343 e. The van der Waals surface area contributed by atoms with E-state index in [0.717, 1.165) is 32.1 Å². The number of unbranched alkanes of at least 4 members (excludes halogenated alkanes) is 3. The maximum absolute atomic E-state index is 11.5. The molecular weight excluding hydrogens is 220 g/mol. The van der Waals surface area contributed by atoms with Crippen LogP contribution in [0.4, 0.5) is 0 Å². The van der Waals surface area contributed by atoms with Gasteiger partial charge in [-0.2, -0.15) is 5.90 Å². The lowest BCUT2D eigenvalue weighted by Gasteiger charge is -2.24. The zero-order chi connectivity index (χ0) is 13.1. The summed E-state index contributed by atoms with van der Waals surface area (Å²) >= 11 is 0. The number of carbonyl (C=O) groups excluding carboxylic acids is 1. The van der Waals surface area contributed by atoms with Crippen molar-refractivity contribution < 1.29 is 9.63 Å². The summed E-state index contributed by atoms with van der Waals surface area (Å²) in [5, 5.41) is 1.53. The van der Waals surface area contributed by atoms with Crippen molar-refractivity contribution in [2.75, 3.05) is 13.1 Å². The van der Waals surface area contributed by atoms with E-state index in [9.17, 15) is 4.79 Å². The van der Waals surface area contributed by atoms with Crippen molar-refractivity contribution in [3.8, 4) is 0 Å². The summed E-state index contributed by atoms with van der Waals surface area (Å²) in [5.74, 6) is 10.3. The van der Waals surface area contributed by atoms with Crippen molar-refractivity contribution in [3.05, 3.63) is 0 Å². The number of rotatable bonds is 10. The van der Waals surface area contributed by atoms with E-state index in [2.05, 4.69) is 11.8 Å². The zero-order valence-electron chi connectivity index (χ0n) is 10.7. The van der Waals surface area contributed by atoms with Crippen LogP contribution in [0.5, 0.6) is 0 Å². The predicted octanol–water partition coefficient (Wildman–Crippen LogP) is 0.267. The van der Waals surface area contributed by atoms with E-state index in [-0.39, 0.29) is 0 Å². The third-order valence-electron chi connectivity index (χ3n) is 2.74. The van der Waals surface area contributed by atoms with Crippen LogP contribution >= 0.6 is 0 Å². The lowest BCUT2D eigenvalue weighted by Crippen LogP contribution is -2.47. The Morgan fingerprint density at radius 2 is 2.00 bits per heavy atom. The minimum atomic E-state index is -0.471. The molecule has 0 unspecified atom stereocenters. The molecule has 6 nitrogen and oxygen atoms in total. The highest BCUT2D eigenvalue weighted by molar-refractivity contribution is 5.75. The van der Waals surface area contributed by atoms with Crippen LogP contribution in [0.2, 0.25) is 0 Å². The Kier molecular flexibility index (Phi) is 10.0. The number of nitrogens with zero attached hydrogens (tertiary/aromatic N) is 1. The Morgan fingerprint density at radius 3 is 2.53 bits per heavy atom. The van der Waals surface area contributed by atoms with Crippen molar-refractivity contribution in [1.82, 2.24) is 5.01 Å². The van der Waals surface area contributed by atoms with Gasteiger partial charge in [0.1, 0.15) is 6.04 Å². The Morgan fingerprint density at radius 1 is 1.29 bits per heavy atom. The molecule has 0 aromatic rings. The van der Waals surface area contributed by atoms with E-state index in [0.29, 0.717) is 19.5 Å². The van der Waals surface area contributed by atoms with E-state index in [1.54, 1.807) is 0 Å². The molecule has 0 aliphatic rings. The number of hydrogen-bond acceptors (Lipinski definition) is 6. The van der Waals surface area contributed by atoms with Crippen molar-refractivity contribution in [1.29, 1.82) is 0 Å². The largest absolute Gasteiger partial charge is 0.372 e. The van der Waals surface area contributed by atoms with E-state index < -0.39 is 12.0 Å². The summed E-state index contributed by atoms with van der Waals surface area (Å²) in [6.07, 6.45) is 5.54. The van der Waals surface area contributed by atoms with Crippen molar-refractivity contribution >= 4 is 5.97 Å². The van der Waals surface area contributed by atoms with Crippen LogP contribution < -0.4 is 17.5 Å². The Balaban J connectivity index is 4.10. The van der Waals surface area contributed by atoms with Gasteiger partial charge in [-0.25, -0.2) is 9.80 Å². The van der Waals surface area contributed by atoms with Crippen molar-refractivity contribution in [2.45, 2.75) is 51.5 Å². The summed E-state index contributed by atoms with van der Waals surface area (Å²) < 4.78 is 0. The quantitative estimate of drug-likeness (QED) is 0.290. The third-order valence-corrected chi connectivity index (χ3v) is 2.74. The first-order valence-corrected chi connectivity index (χ1v) is 6.29. The van der Waals surface area contributed by atoms with Gasteiger partial charge in [0.15, 0.2) is 0 Å². The minimum Gasteiger partial charge on any atom is -0.372 e. The Bertz CT molecular complexity index is 202. The van der Waals surface area contributed by atoms with Crippen molar-refractivity contribution in [3.63, 3.8) is 0 Å². The molecule has 6 heteroatoms. The number of nitrogens with two attached hydrogens (primary N) is 3. The SMILES string of the molecule is CCCCCN(N)[C@@H](CCCCN)C(=O)ON. The third kappa shape index (κ3) is 7.27. The second kappa shape index (κ2) is 10.5. The summed E-state index contributed by atoms with van der Waals surface area (Å²) in [7, 11) is 0. The van der Waals surface area contributed by atoms with Crippen LogP contribution in [-0.4, -0.2) is 30.1 Å². The first kappa shape index (κ1) is 16.3. The van der Waals surface area contributed by atoms with Crippen LogP contribution in [0.1, 0.15) is 45.4 Å². The van der Waals surface area contributed by atoms with Gasteiger partial charge in [0.25, 0.3) is 0 Å². The van der Waals surface area contributed by atoms with E-state index in [1.165, 1.54) is 5.01 Å². The second-order valence-electron chi connectivity index (χ2n) is 4.18. The first-order valence-electron chi connectivity index (χ1n) is 6.29. The van der Waals surface area contributed by atoms with Gasteiger partial charge in [0.2, 0.25) is 0 Å². The van der Waals surface area contributed by atoms with Gasteiger partial charge in [0.05, 0.1) is 0 Å². The summed E-state index contributed by atoms with van der Waals surface area (Å²) in [6, 6.07) is -0.455. The number of carbonyl (C=O) groups is 1. The highest BCUT2D eigenvalue weighted by Crippen LogP contribution is 2.08. The monoisotopic (exact) mass is 246 g/mol. The summed E-state index contributed by atoms with van der Waals surface area (Å²) in [5.41, 5.74) is 5.41. The summed E-state index contributed by atoms with van der Waals surface area (Å²) in [6.45, 7) is 3.41. The molecule has 0 saturated heterocycles. The minimum absolute atomic E-state index is 0.455. The van der Waals surface area contributed by atoms with Crippen LogP contribution in [0, 0.1) is 0 Å². The molecule has 0 aromatic heterocycles. The van der Waals surface area contributed by atoms with Gasteiger partial charge < -0.3 is 10.6 Å². The molecule has 1 atom stereocenters. The fourth-order valence-electron chi connectivity index (χ4n) is 1.68. The van der Waals surface area contributed by atoms with E-state index in [1.807, 2.05) is 0 Å². The molecule has 0 aliphatic heterocycles. The second-order valence-corrected chi connectivity index (χ2v) is 4.18. The average Bonchev–Trinajstić information content (AvgIpc) is 2.34. The molecule has 0 aliphatic carbocycles. The number of hydrazine groups is 1. The molecule has 102 valence electrons.